The molecule has 0 aromatic carbocycles. The molecule has 0 amide bonds. The Morgan fingerprint density at radius 3 is 2.57 bits per heavy atom. The molecule has 2 atom stereocenters. The summed E-state index contributed by atoms with van der Waals surface area (Å²) in [4.78, 5) is 0. The molecule has 3 heteroatoms. The molecule has 1 saturated carbocycles. The monoisotopic (exact) mass is 218 g/mol. The SMILES string of the molecule is COC(CSC1CCCC(C)C1)OC. The van der Waals surface area contributed by atoms with Gasteiger partial charge in [0.15, 0.2) is 6.29 Å². The van der Waals surface area contributed by atoms with Crippen LogP contribution >= 0.6 is 11.8 Å². The van der Waals surface area contributed by atoms with Crippen LogP contribution in [0.2, 0.25) is 0 Å². The lowest BCUT2D eigenvalue weighted by Gasteiger charge is -2.27. The van der Waals surface area contributed by atoms with Gasteiger partial charge < -0.3 is 9.47 Å². The number of methoxy groups -OCH3 is 2. The number of hydrogen-bond acceptors (Lipinski definition) is 3. The maximum absolute atomic E-state index is 5.17. The summed E-state index contributed by atoms with van der Waals surface area (Å²) >= 11 is 2.01. The Balaban J connectivity index is 2.16. The minimum absolute atomic E-state index is 0.0303. The van der Waals surface area contributed by atoms with Gasteiger partial charge >= 0.3 is 0 Å². The molecule has 14 heavy (non-hydrogen) atoms. The first-order valence-corrected chi connectivity index (χ1v) is 6.48. The molecule has 0 aromatic heterocycles. The highest BCUT2D eigenvalue weighted by molar-refractivity contribution is 7.99. The molecule has 0 aliphatic heterocycles. The third-order valence-electron chi connectivity index (χ3n) is 2.88. The molecule has 1 aliphatic carbocycles. The predicted octanol–water partition coefficient (Wildman–Crippen LogP) is 2.92. The molecule has 0 saturated heterocycles. The number of rotatable bonds is 5. The third-order valence-corrected chi connectivity index (χ3v) is 4.25. The Bertz CT molecular complexity index is 148. The zero-order valence-electron chi connectivity index (χ0n) is 9.49. The van der Waals surface area contributed by atoms with Gasteiger partial charge in [0.2, 0.25) is 0 Å². The summed E-state index contributed by atoms with van der Waals surface area (Å²) in [5.74, 6) is 1.87. The van der Waals surface area contributed by atoms with E-state index in [1.807, 2.05) is 11.8 Å². The van der Waals surface area contributed by atoms with Gasteiger partial charge in [-0.1, -0.05) is 19.8 Å². The summed E-state index contributed by atoms with van der Waals surface area (Å²) in [5.41, 5.74) is 0. The van der Waals surface area contributed by atoms with Gasteiger partial charge in [-0.15, -0.1) is 0 Å². The van der Waals surface area contributed by atoms with Crippen LogP contribution in [0.3, 0.4) is 0 Å². The van der Waals surface area contributed by atoms with Crippen LogP contribution in [0.4, 0.5) is 0 Å². The zero-order chi connectivity index (χ0) is 10.4. The van der Waals surface area contributed by atoms with Crippen molar-refractivity contribution in [1.29, 1.82) is 0 Å². The number of ether oxygens (including phenoxy) is 2. The van der Waals surface area contributed by atoms with Crippen LogP contribution in [0.25, 0.3) is 0 Å². The van der Waals surface area contributed by atoms with Crippen LogP contribution in [0.15, 0.2) is 0 Å². The summed E-state index contributed by atoms with van der Waals surface area (Å²) in [6.45, 7) is 2.36. The van der Waals surface area contributed by atoms with Crippen molar-refractivity contribution >= 4 is 11.8 Å². The van der Waals surface area contributed by atoms with Crippen molar-refractivity contribution in [3.63, 3.8) is 0 Å². The Kier molecular flexibility index (Phi) is 5.90. The highest BCUT2D eigenvalue weighted by Gasteiger charge is 2.20. The Labute approximate surface area is 91.7 Å². The van der Waals surface area contributed by atoms with Crippen LogP contribution in [0, 0.1) is 5.92 Å². The first kappa shape index (κ1) is 12.3. The predicted molar refractivity (Wildman–Crippen MR) is 61.7 cm³/mol. The summed E-state index contributed by atoms with van der Waals surface area (Å²) in [7, 11) is 3.41. The molecule has 2 nitrogen and oxygen atoms in total. The first-order valence-electron chi connectivity index (χ1n) is 5.43. The fourth-order valence-corrected chi connectivity index (χ4v) is 3.48. The molecule has 1 aliphatic rings. The van der Waals surface area contributed by atoms with Crippen molar-refractivity contribution in [3.05, 3.63) is 0 Å². The van der Waals surface area contributed by atoms with Gasteiger partial charge in [0, 0.05) is 25.2 Å². The fraction of sp³-hybridized carbons (Fsp3) is 1.00. The average Bonchev–Trinajstić information content (AvgIpc) is 2.19. The van der Waals surface area contributed by atoms with E-state index in [-0.39, 0.29) is 6.29 Å². The van der Waals surface area contributed by atoms with Crippen molar-refractivity contribution in [2.24, 2.45) is 5.92 Å². The molecule has 0 bridgehead atoms. The lowest BCUT2D eigenvalue weighted by molar-refractivity contribution is -0.0843. The molecule has 0 N–H and O–H groups in total. The van der Waals surface area contributed by atoms with Crippen molar-refractivity contribution < 1.29 is 9.47 Å². The van der Waals surface area contributed by atoms with E-state index in [1.165, 1.54) is 25.7 Å². The summed E-state index contributed by atoms with van der Waals surface area (Å²) in [6.07, 6.45) is 5.51. The Hall–Kier alpha value is 0.270. The minimum atomic E-state index is -0.0303. The van der Waals surface area contributed by atoms with Gasteiger partial charge in [-0.2, -0.15) is 11.8 Å². The van der Waals surface area contributed by atoms with Gasteiger partial charge in [0.25, 0.3) is 0 Å². The summed E-state index contributed by atoms with van der Waals surface area (Å²) in [6, 6.07) is 0. The van der Waals surface area contributed by atoms with E-state index < -0.39 is 0 Å². The highest BCUT2D eigenvalue weighted by Crippen LogP contribution is 2.32. The molecule has 1 fully saturated rings. The standard InChI is InChI=1S/C11H22O2S/c1-9-5-4-6-10(7-9)14-8-11(12-2)13-3/h9-11H,4-8H2,1-3H3. The van der Waals surface area contributed by atoms with E-state index in [1.54, 1.807) is 14.2 Å². The minimum Gasteiger partial charge on any atom is -0.355 e. The first-order chi connectivity index (χ1) is 6.76. The largest absolute Gasteiger partial charge is 0.355 e. The van der Waals surface area contributed by atoms with Crippen molar-refractivity contribution in [2.75, 3.05) is 20.0 Å². The normalized spacial score (nSPS) is 28.3. The topological polar surface area (TPSA) is 18.5 Å². The smallest absolute Gasteiger partial charge is 0.165 e. The lowest BCUT2D eigenvalue weighted by atomic mass is 9.91. The molecule has 0 radical (unpaired) electrons. The Morgan fingerprint density at radius 2 is 2.00 bits per heavy atom. The molecule has 1 rings (SSSR count). The van der Waals surface area contributed by atoms with Crippen LogP contribution < -0.4 is 0 Å². The van der Waals surface area contributed by atoms with E-state index in [2.05, 4.69) is 6.92 Å². The van der Waals surface area contributed by atoms with Gasteiger partial charge in [-0.05, 0) is 18.8 Å². The molecule has 84 valence electrons. The van der Waals surface area contributed by atoms with E-state index in [0.717, 1.165) is 16.9 Å². The molecular weight excluding hydrogens is 196 g/mol. The van der Waals surface area contributed by atoms with E-state index in [0.29, 0.717) is 0 Å². The van der Waals surface area contributed by atoms with Crippen LogP contribution in [0.5, 0.6) is 0 Å². The summed E-state index contributed by atoms with van der Waals surface area (Å²) in [5, 5.41) is 0.826. The number of thioether (sulfide) groups is 1. The van der Waals surface area contributed by atoms with E-state index in [4.69, 9.17) is 9.47 Å². The van der Waals surface area contributed by atoms with Crippen LogP contribution in [0.1, 0.15) is 32.6 Å². The lowest BCUT2D eigenvalue weighted by Crippen LogP contribution is -2.21. The Morgan fingerprint density at radius 1 is 1.29 bits per heavy atom. The number of hydrogen-bond donors (Lipinski definition) is 0. The van der Waals surface area contributed by atoms with E-state index in [9.17, 15) is 0 Å². The van der Waals surface area contributed by atoms with Gasteiger partial charge in [0.05, 0.1) is 0 Å². The molecule has 0 heterocycles. The maximum Gasteiger partial charge on any atom is 0.165 e. The van der Waals surface area contributed by atoms with Crippen LogP contribution in [-0.4, -0.2) is 31.5 Å². The second kappa shape index (κ2) is 6.70. The average molecular weight is 218 g/mol. The van der Waals surface area contributed by atoms with E-state index >= 15 is 0 Å². The highest BCUT2D eigenvalue weighted by atomic mass is 32.2. The van der Waals surface area contributed by atoms with Gasteiger partial charge in [0.1, 0.15) is 0 Å². The van der Waals surface area contributed by atoms with Crippen molar-refractivity contribution in [3.8, 4) is 0 Å². The molecule has 0 aromatic rings. The van der Waals surface area contributed by atoms with Crippen LogP contribution in [-0.2, 0) is 9.47 Å². The zero-order valence-corrected chi connectivity index (χ0v) is 10.3. The second-order valence-corrected chi connectivity index (χ2v) is 5.46. The molecule has 2 unspecified atom stereocenters. The van der Waals surface area contributed by atoms with Crippen molar-refractivity contribution in [1.82, 2.24) is 0 Å². The third kappa shape index (κ3) is 4.20. The van der Waals surface area contributed by atoms with Gasteiger partial charge in [-0.3, -0.25) is 0 Å². The molecule has 0 spiro atoms. The van der Waals surface area contributed by atoms with Crippen molar-refractivity contribution in [2.45, 2.75) is 44.1 Å². The second-order valence-electron chi connectivity index (χ2n) is 4.13. The molecular formula is C11H22O2S. The maximum atomic E-state index is 5.17. The quantitative estimate of drug-likeness (QED) is 0.661. The summed E-state index contributed by atoms with van der Waals surface area (Å²) < 4.78 is 10.3. The fourth-order valence-electron chi connectivity index (χ4n) is 1.98. The van der Waals surface area contributed by atoms with Gasteiger partial charge in [-0.25, -0.2) is 0 Å².